The van der Waals surface area contributed by atoms with E-state index in [4.69, 9.17) is 0 Å². The first-order valence-corrected chi connectivity index (χ1v) is 6.96. The van der Waals surface area contributed by atoms with E-state index in [0.717, 1.165) is 0 Å². The van der Waals surface area contributed by atoms with Gasteiger partial charge in [-0.1, -0.05) is 74.8 Å². The molecular weight excluding hydrogens is 224 g/mol. The maximum absolute atomic E-state index is 2.18. The lowest BCUT2D eigenvalue weighted by Crippen LogP contribution is -1.70. The summed E-state index contributed by atoms with van der Waals surface area (Å²) in [5.41, 5.74) is 0. The van der Waals surface area contributed by atoms with Gasteiger partial charge in [0.05, 0.1) is 0 Å². The van der Waals surface area contributed by atoms with Crippen LogP contribution in [0.4, 0.5) is 0 Å². The van der Waals surface area contributed by atoms with Crippen LogP contribution in [0.3, 0.4) is 0 Å². The van der Waals surface area contributed by atoms with Crippen molar-refractivity contribution in [1.82, 2.24) is 0 Å². The Bertz CT molecular complexity index is 341. The zero-order valence-electron chi connectivity index (χ0n) is 10.6. The SMILES string of the molecule is CCCC.c1ccc(Sc2ccccc2)cc1. The summed E-state index contributed by atoms with van der Waals surface area (Å²) < 4.78 is 0. The molecule has 0 unspecified atom stereocenters. The summed E-state index contributed by atoms with van der Waals surface area (Å²) in [6.45, 7) is 4.36. The average Bonchev–Trinajstić information content (AvgIpc) is 2.41. The van der Waals surface area contributed by atoms with Gasteiger partial charge in [-0.2, -0.15) is 0 Å². The molecule has 17 heavy (non-hydrogen) atoms. The molecule has 0 fully saturated rings. The predicted molar refractivity (Wildman–Crippen MR) is 77.6 cm³/mol. The number of rotatable bonds is 3. The molecule has 0 aromatic heterocycles. The summed E-state index contributed by atoms with van der Waals surface area (Å²) >= 11 is 1.79. The van der Waals surface area contributed by atoms with E-state index >= 15 is 0 Å². The molecular formula is C16H20S. The van der Waals surface area contributed by atoms with E-state index in [-0.39, 0.29) is 0 Å². The molecule has 0 saturated carbocycles. The Morgan fingerprint density at radius 3 is 1.29 bits per heavy atom. The Morgan fingerprint density at radius 1 is 0.647 bits per heavy atom. The van der Waals surface area contributed by atoms with Gasteiger partial charge in [0, 0.05) is 9.79 Å². The zero-order valence-corrected chi connectivity index (χ0v) is 11.4. The molecule has 0 heterocycles. The predicted octanol–water partition coefficient (Wildman–Crippen LogP) is 5.64. The van der Waals surface area contributed by atoms with Gasteiger partial charge in [0.25, 0.3) is 0 Å². The fourth-order valence-corrected chi connectivity index (χ4v) is 1.97. The van der Waals surface area contributed by atoms with Crippen molar-refractivity contribution in [2.24, 2.45) is 0 Å². The Morgan fingerprint density at radius 2 is 1.00 bits per heavy atom. The van der Waals surface area contributed by atoms with Crippen LogP contribution in [-0.4, -0.2) is 0 Å². The van der Waals surface area contributed by atoms with Crippen molar-refractivity contribution < 1.29 is 0 Å². The van der Waals surface area contributed by atoms with Gasteiger partial charge in [0.2, 0.25) is 0 Å². The quantitative estimate of drug-likeness (QED) is 0.673. The first-order valence-electron chi connectivity index (χ1n) is 6.14. The van der Waals surface area contributed by atoms with E-state index in [9.17, 15) is 0 Å². The van der Waals surface area contributed by atoms with Gasteiger partial charge in [-0.25, -0.2) is 0 Å². The average molecular weight is 244 g/mol. The molecule has 0 spiro atoms. The second-order valence-electron chi connectivity index (χ2n) is 3.73. The minimum absolute atomic E-state index is 1.29. The lowest BCUT2D eigenvalue weighted by atomic mass is 10.4. The van der Waals surface area contributed by atoms with Gasteiger partial charge in [0.1, 0.15) is 0 Å². The molecule has 90 valence electrons. The topological polar surface area (TPSA) is 0 Å². The Labute approximate surface area is 109 Å². The van der Waals surface area contributed by atoms with E-state index in [0.29, 0.717) is 0 Å². The summed E-state index contributed by atoms with van der Waals surface area (Å²) in [6, 6.07) is 20.8. The normalized spacial score (nSPS) is 9.29. The van der Waals surface area contributed by atoms with Crippen LogP contribution in [-0.2, 0) is 0 Å². The Kier molecular flexibility index (Phi) is 7.24. The summed E-state index contributed by atoms with van der Waals surface area (Å²) in [5.74, 6) is 0. The maximum Gasteiger partial charge on any atom is 0.0122 e. The summed E-state index contributed by atoms with van der Waals surface area (Å²) in [5, 5.41) is 0. The highest BCUT2D eigenvalue weighted by atomic mass is 32.2. The molecule has 0 nitrogen and oxygen atoms in total. The van der Waals surface area contributed by atoms with Crippen LogP contribution in [0, 0.1) is 0 Å². The Balaban J connectivity index is 0.000000317. The molecule has 2 rings (SSSR count). The number of unbranched alkanes of at least 4 members (excludes halogenated alkanes) is 1. The maximum atomic E-state index is 2.18. The molecule has 0 N–H and O–H groups in total. The molecule has 0 radical (unpaired) electrons. The lowest BCUT2D eigenvalue weighted by molar-refractivity contribution is 0.886. The summed E-state index contributed by atoms with van der Waals surface area (Å²) in [6.07, 6.45) is 2.64. The number of hydrogen-bond acceptors (Lipinski definition) is 1. The van der Waals surface area contributed by atoms with Crippen molar-refractivity contribution in [2.75, 3.05) is 0 Å². The third-order valence-electron chi connectivity index (χ3n) is 2.22. The third kappa shape index (κ3) is 6.18. The van der Waals surface area contributed by atoms with E-state index in [1.54, 1.807) is 11.8 Å². The molecule has 2 aromatic rings. The van der Waals surface area contributed by atoms with Crippen molar-refractivity contribution in [3.63, 3.8) is 0 Å². The first kappa shape index (κ1) is 13.9. The highest BCUT2D eigenvalue weighted by molar-refractivity contribution is 7.99. The zero-order chi connectivity index (χ0) is 12.3. The largest absolute Gasteiger partial charge is 0.0901 e. The minimum atomic E-state index is 1.29. The van der Waals surface area contributed by atoms with Crippen LogP contribution in [0.25, 0.3) is 0 Å². The standard InChI is InChI=1S/C12H10S.C4H10/c1-3-7-11(8-4-1)13-12-9-5-2-6-10-12;1-3-4-2/h1-10H;3-4H2,1-2H3. The van der Waals surface area contributed by atoms with Gasteiger partial charge < -0.3 is 0 Å². The van der Waals surface area contributed by atoms with Crippen LogP contribution < -0.4 is 0 Å². The molecule has 0 aliphatic carbocycles. The van der Waals surface area contributed by atoms with Gasteiger partial charge in [-0.05, 0) is 24.3 Å². The number of benzene rings is 2. The van der Waals surface area contributed by atoms with Crippen LogP contribution >= 0.6 is 11.8 Å². The van der Waals surface area contributed by atoms with Crippen LogP contribution in [0.15, 0.2) is 70.5 Å². The molecule has 0 amide bonds. The minimum Gasteiger partial charge on any atom is -0.0901 e. The van der Waals surface area contributed by atoms with E-state index in [2.05, 4.69) is 62.4 Å². The van der Waals surface area contributed by atoms with Crippen molar-refractivity contribution >= 4 is 11.8 Å². The van der Waals surface area contributed by atoms with E-state index in [1.807, 2.05) is 12.1 Å². The van der Waals surface area contributed by atoms with Gasteiger partial charge in [-0.15, -0.1) is 0 Å². The second-order valence-corrected chi connectivity index (χ2v) is 4.88. The second kappa shape index (κ2) is 8.89. The molecule has 1 heteroatoms. The van der Waals surface area contributed by atoms with Gasteiger partial charge in [0.15, 0.2) is 0 Å². The van der Waals surface area contributed by atoms with Crippen LogP contribution in [0.2, 0.25) is 0 Å². The van der Waals surface area contributed by atoms with E-state index in [1.165, 1.54) is 22.6 Å². The Hall–Kier alpha value is -1.21. The molecule has 0 saturated heterocycles. The number of hydrogen-bond donors (Lipinski definition) is 0. The van der Waals surface area contributed by atoms with Crippen LogP contribution in [0.1, 0.15) is 26.7 Å². The highest BCUT2D eigenvalue weighted by Crippen LogP contribution is 2.26. The molecule has 0 bridgehead atoms. The van der Waals surface area contributed by atoms with Gasteiger partial charge >= 0.3 is 0 Å². The van der Waals surface area contributed by atoms with Crippen molar-refractivity contribution in [3.8, 4) is 0 Å². The lowest BCUT2D eigenvalue weighted by Gasteiger charge is -1.99. The molecule has 0 aliphatic heterocycles. The smallest absolute Gasteiger partial charge is 0.0122 e. The van der Waals surface area contributed by atoms with E-state index < -0.39 is 0 Å². The molecule has 0 atom stereocenters. The first-order chi connectivity index (χ1) is 8.36. The summed E-state index contributed by atoms with van der Waals surface area (Å²) in [4.78, 5) is 2.57. The highest BCUT2D eigenvalue weighted by Gasteiger charge is 1.93. The van der Waals surface area contributed by atoms with Crippen molar-refractivity contribution in [1.29, 1.82) is 0 Å². The molecule has 0 aliphatic rings. The van der Waals surface area contributed by atoms with Crippen molar-refractivity contribution in [2.45, 2.75) is 36.5 Å². The third-order valence-corrected chi connectivity index (χ3v) is 3.24. The fourth-order valence-electron chi connectivity index (χ4n) is 1.11. The monoisotopic (exact) mass is 244 g/mol. The fraction of sp³-hybridized carbons (Fsp3) is 0.250. The summed E-state index contributed by atoms with van der Waals surface area (Å²) in [7, 11) is 0. The van der Waals surface area contributed by atoms with Gasteiger partial charge in [-0.3, -0.25) is 0 Å². The van der Waals surface area contributed by atoms with Crippen molar-refractivity contribution in [3.05, 3.63) is 60.7 Å². The molecule has 2 aromatic carbocycles. The van der Waals surface area contributed by atoms with Crippen LogP contribution in [0.5, 0.6) is 0 Å².